The Bertz CT molecular complexity index is 612. The van der Waals surface area contributed by atoms with Crippen molar-refractivity contribution < 1.29 is 9.53 Å². The molecule has 0 atom stereocenters. The fourth-order valence-corrected chi connectivity index (χ4v) is 2.74. The molecule has 112 valence electrons. The fourth-order valence-electron chi connectivity index (χ4n) is 1.92. The minimum absolute atomic E-state index is 0.207. The highest BCUT2D eigenvalue weighted by Crippen LogP contribution is 2.21. The first kappa shape index (κ1) is 15.4. The smallest absolute Gasteiger partial charge is 0.305 e. The number of hydrogen-bond donors (Lipinski definition) is 0. The van der Waals surface area contributed by atoms with Crippen molar-refractivity contribution in [1.29, 1.82) is 0 Å². The van der Waals surface area contributed by atoms with Gasteiger partial charge in [-0.05, 0) is 19.1 Å². The van der Waals surface area contributed by atoms with E-state index in [-0.39, 0.29) is 5.97 Å². The van der Waals surface area contributed by atoms with Gasteiger partial charge in [-0.1, -0.05) is 6.07 Å². The van der Waals surface area contributed by atoms with Crippen LogP contribution in [0.3, 0.4) is 0 Å². The number of carbonyl (C=O) groups excluding carboxylic acids is 1. The number of esters is 1. The SMILES string of the molecule is COC(=O)CCc1csc(N(C)Cc2cccc(C)n2)n1. The van der Waals surface area contributed by atoms with Gasteiger partial charge in [0.05, 0.1) is 31.5 Å². The zero-order valence-corrected chi connectivity index (χ0v) is 13.3. The summed E-state index contributed by atoms with van der Waals surface area (Å²) in [6.45, 7) is 2.70. The third-order valence-electron chi connectivity index (χ3n) is 3.02. The van der Waals surface area contributed by atoms with E-state index in [1.807, 2.05) is 37.6 Å². The van der Waals surface area contributed by atoms with Crippen LogP contribution in [-0.2, 0) is 22.5 Å². The van der Waals surface area contributed by atoms with Crippen molar-refractivity contribution in [2.75, 3.05) is 19.1 Å². The molecule has 0 N–H and O–H groups in total. The van der Waals surface area contributed by atoms with Gasteiger partial charge in [-0.3, -0.25) is 9.78 Å². The molecule has 0 amide bonds. The van der Waals surface area contributed by atoms with Crippen LogP contribution in [0.4, 0.5) is 5.13 Å². The number of nitrogens with zero attached hydrogens (tertiary/aromatic N) is 3. The topological polar surface area (TPSA) is 55.3 Å². The number of ether oxygens (including phenoxy) is 1. The molecule has 2 aromatic rings. The molecule has 0 aliphatic rings. The highest BCUT2D eigenvalue weighted by atomic mass is 32.1. The summed E-state index contributed by atoms with van der Waals surface area (Å²) < 4.78 is 4.63. The minimum atomic E-state index is -0.207. The molecule has 0 aliphatic carbocycles. The normalized spacial score (nSPS) is 10.4. The van der Waals surface area contributed by atoms with E-state index in [2.05, 4.69) is 19.6 Å². The first-order valence-electron chi connectivity index (χ1n) is 6.73. The molecule has 5 nitrogen and oxygen atoms in total. The summed E-state index contributed by atoms with van der Waals surface area (Å²) in [6, 6.07) is 6.00. The molecule has 0 unspecified atom stereocenters. The minimum Gasteiger partial charge on any atom is -0.469 e. The second kappa shape index (κ2) is 7.17. The molecule has 2 rings (SSSR count). The Balaban J connectivity index is 1.95. The molecule has 0 saturated heterocycles. The van der Waals surface area contributed by atoms with E-state index in [0.717, 1.165) is 22.2 Å². The van der Waals surface area contributed by atoms with Crippen LogP contribution in [0.5, 0.6) is 0 Å². The summed E-state index contributed by atoms with van der Waals surface area (Å²) in [6.07, 6.45) is 0.975. The third-order valence-corrected chi connectivity index (χ3v) is 4.03. The van der Waals surface area contributed by atoms with Crippen molar-refractivity contribution >= 4 is 22.4 Å². The maximum absolute atomic E-state index is 11.1. The summed E-state index contributed by atoms with van der Waals surface area (Å²) >= 11 is 1.58. The van der Waals surface area contributed by atoms with Gasteiger partial charge >= 0.3 is 5.97 Å². The second-order valence-corrected chi connectivity index (χ2v) is 5.66. The highest BCUT2D eigenvalue weighted by Gasteiger charge is 2.10. The molecule has 0 radical (unpaired) electrons. The largest absolute Gasteiger partial charge is 0.469 e. The lowest BCUT2D eigenvalue weighted by Gasteiger charge is -2.15. The van der Waals surface area contributed by atoms with Gasteiger partial charge in [-0.15, -0.1) is 11.3 Å². The van der Waals surface area contributed by atoms with Crippen molar-refractivity contribution in [3.63, 3.8) is 0 Å². The van der Waals surface area contributed by atoms with Crippen molar-refractivity contribution in [1.82, 2.24) is 9.97 Å². The number of carbonyl (C=O) groups is 1. The van der Waals surface area contributed by atoms with Crippen LogP contribution in [0, 0.1) is 6.92 Å². The summed E-state index contributed by atoms with van der Waals surface area (Å²) in [7, 11) is 3.39. The lowest BCUT2D eigenvalue weighted by Crippen LogP contribution is -2.17. The predicted molar refractivity (Wildman–Crippen MR) is 83.5 cm³/mol. The maximum Gasteiger partial charge on any atom is 0.305 e. The van der Waals surface area contributed by atoms with Crippen LogP contribution < -0.4 is 4.90 Å². The molecule has 0 spiro atoms. The summed E-state index contributed by atoms with van der Waals surface area (Å²) in [5.41, 5.74) is 2.95. The van der Waals surface area contributed by atoms with Crippen LogP contribution in [0.1, 0.15) is 23.5 Å². The first-order chi connectivity index (χ1) is 10.1. The third kappa shape index (κ3) is 4.53. The van der Waals surface area contributed by atoms with Crippen molar-refractivity contribution in [3.8, 4) is 0 Å². The van der Waals surface area contributed by atoms with Gasteiger partial charge in [-0.25, -0.2) is 4.98 Å². The van der Waals surface area contributed by atoms with Crippen LogP contribution in [-0.4, -0.2) is 30.1 Å². The van der Waals surface area contributed by atoms with E-state index in [4.69, 9.17) is 0 Å². The zero-order chi connectivity index (χ0) is 15.2. The first-order valence-corrected chi connectivity index (χ1v) is 7.61. The number of methoxy groups -OCH3 is 1. The van der Waals surface area contributed by atoms with Gasteiger partial charge < -0.3 is 9.64 Å². The van der Waals surface area contributed by atoms with E-state index in [1.165, 1.54) is 7.11 Å². The maximum atomic E-state index is 11.1. The number of aromatic nitrogens is 2. The highest BCUT2D eigenvalue weighted by molar-refractivity contribution is 7.13. The monoisotopic (exact) mass is 305 g/mol. The summed E-state index contributed by atoms with van der Waals surface area (Å²) in [4.78, 5) is 22.2. The van der Waals surface area contributed by atoms with Gasteiger partial charge in [0.15, 0.2) is 5.13 Å². The number of hydrogen-bond acceptors (Lipinski definition) is 6. The van der Waals surface area contributed by atoms with E-state index >= 15 is 0 Å². The van der Waals surface area contributed by atoms with Crippen LogP contribution >= 0.6 is 11.3 Å². The van der Waals surface area contributed by atoms with Gasteiger partial charge in [0, 0.05) is 24.5 Å². The molecule has 0 fully saturated rings. The lowest BCUT2D eigenvalue weighted by atomic mass is 10.2. The van der Waals surface area contributed by atoms with Gasteiger partial charge in [0.2, 0.25) is 0 Å². The Morgan fingerprint density at radius 1 is 1.33 bits per heavy atom. The molecule has 0 bridgehead atoms. The average Bonchev–Trinajstić information content (AvgIpc) is 2.93. The molecule has 21 heavy (non-hydrogen) atoms. The van der Waals surface area contributed by atoms with Gasteiger partial charge in [0.1, 0.15) is 0 Å². The number of anilines is 1. The molecular weight excluding hydrogens is 286 g/mol. The molecule has 0 aromatic carbocycles. The Morgan fingerprint density at radius 3 is 2.86 bits per heavy atom. The van der Waals surface area contributed by atoms with Gasteiger partial charge in [0.25, 0.3) is 0 Å². The van der Waals surface area contributed by atoms with Crippen LogP contribution in [0.2, 0.25) is 0 Å². The number of rotatable bonds is 6. The van der Waals surface area contributed by atoms with E-state index in [0.29, 0.717) is 19.4 Å². The fraction of sp³-hybridized carbons (Fsp3) is 0.400. The Morgan fingerprint density at radius 2 is 2.14 bits per heavy atom. The van der Waals surface area contributed by atoms with Crippen molar-refractivity contribution in [2.45, 2.75) is 26.3 Å². The number of aryl methyl sites for hydroxylation is 2. The van der Waals surface area contributed by atoms with E-state index in [9.17, 15) is 4.79 Å². The number of pyridine rings is 1. The second-order valence-electron chi connectivity index (χ2n) is 4.82. The standard InChI is InChI=1S/C15H19N3O2S/c1-11-5-4-6-12(16-11)9-18(2)15-17-13(10-21-15)7-8-14(19)20-3/h4-6,10H,7-9H2,1-3H3. The van der Waals surface area contributed by atoms with E-state index < -0.39 is 0 Å². The summed E-state index contributed by atoms with van der Waals surface area (Å²) in [5, 5.41) is 2.91. The predicted octanol–water partition coefficient (Wildman–Crippen LogP) is 2.59. The van der Waals surface area contributed by atoms with Crippen molar-refractivity contribution in [3.05, 3.63) is 40.7 Å². The quantitative estimate of drug-likeness (QED) is 0.768. The Hall–Kier alpha value is -1.95. The van der Waals surface area contributed by atoms with Crippen molar-refractivity contribution in [2.24, 2.45) is 0 Å². The Kier molecular flexibility index (Phi) is 5.27. The molecule has 0 aliphatic heterocycles. The van der Waals surface area contributed by atoms with E-state index in [1.54, 1.807) is 11.3 Å². The van der Waals surface area contributed by atoms with Crippen LogP contribution in [0.25, 0.3) is 0 Å². The molecule has 0 saturated carbocycles. The molecule has 6 heteroatoms. The van der Waals surface area contributed by atoms with Gasteiger partial charge in [-0.2, -0.15) is 0 Å². The average molecular weight is 305 g/mol. The zero-order valence-electron chi connectivity index (χ0n) is 12.5. The molecular formula is C15H19N3O2S. The number of thiazole rings is 1. The molecule has 2 heterocycles. The van der Waals surface area contributed by atoms with Crippen LogP contribution in [0.15, 0.2) is 23.6 Å². The summed E-state index contributed by atoms with van der Waals surface area (Å²) in [5.74, 6) is -0.207. The molecule has 2 aromatic heterocycles. The lowest BCUT2D eigenvalue weighted by molar-refractivity contribution is -0.140. The Labute approximate surface area is 128 Å².